The molecule has 2 rings (SSSR count). The highest BCUT2D eigenvalue weighted by molar-refractivity contribution is 5.76. The van der Waals surface area contributed by atoms with Gasteiger partial charge in [0.05, 0.1) is 17.5 Å². The minimum Gasteiger partial charge on any atom is -0.482 e. The molecule has 0 saturated carbocycles. The number of nitrogens with zero attached hydrogens (tertiary/aromatic N) is 3. The van der Waals surface area contributed by atoms with Gasteiger partial charge in [-0.2, -0.15) is 4.68 Å². The molecule has 1 aromatic heterocycles. The first-order chi connectivity index (χ1) is 7.83. The van der Waals surface area contributed by atoms with Crippen LogP contribution in [0.5, 0.6) is 0 Å². The van der Waals surface area contributed by atoms with Crippen molar-refractivity contribution in [3.8, 4) is 0 Å². The second-order valence-corrected chi connectivity index (χ2v) is 3.09. The normalized spacial score (nSPS) is 11.1. The van der Waals surface area contributed by atoms with Crippen molar-refractivity contribution in [2.24, 2.45) is 5.10 Å². The van der Waals surface area contributed by atoms with Gasteiger partial charge < -0.3 is 4.74 Å². The number of hydrogen-bond acceptors (Lipinski definition) is 4. The Hall–Kier alpha value is -2.17. The van der Waals surface area contributed by atoms with E-state index in [4.69, 9.17) is 4.74 Å². The van der Waals surface area contributed by atoms with Gasteiger partial charge in [0, 0.05) is 0 Å². The molecule has 5 heteroatoms. The lowest BCUT2D eigenvalue weighted by atomic mass is 10.2. The summed E-state index contributed by atoms with van der Waals surface area (Å²) in [4.78, 5) is 16.0. The molecule has 1 heterocycles. The Morgan fingerprint density at radius 2 is 2.31 bits per heavy atom. The van der Waals surface area contributed by atoms with E-state index in [-0.39, 0.29) is 5.56 Å². The van der Waals surface area contributed by atoms with Crippen LogP contribution in [-0.4, -0.2) is 22.7 Å². The van der Waals surface area contributed by atoms with E-state index in [1.807, 2.05) is 13.0 Å². The first-order valence-corrected chi connectivity index (χ1v) is 4.93. The van der Waals surface area contributed by atoms with Crippen LogP contribution in [0.25, 0.3) is 10.9 Å². The molecular formula is C11H11N3O2. The molecule has 0 radical (unpaired) electrons. The predicted molar refractivity (Wildman–Crippen MR) is 61.5 cm³/mol. The number of fused-ring (bicyclic) bond motifs is 1. The van der Waals surface area contributed by atoms with Gasteiger partial charge in [-0.25, -0.2) is 4.98 Å². The molecule has 0 bridgehead atoms. The maximum absolute atomic E-state index is 11.9. The number of ether oxygens (including phenoxy) is 1. The van der Waals surface area contributed by atoms with E-state index in [0.29, 0.717) is 17.5 Å². The Bertz CT molecular complexity index is 575. The van der Waals surface area contributed by atoms with E-state index < -0.39 is 0 Å². The van der Waals surface area contributed by atoms with E-state index in [9.17, 15) is 4.79 Å². The summed E-state index contributed by atoms with van der Waals surface area (Å²) in [5.41, 5.74) is 0.455. The van der Waals surface area contributed by atoms with Crippen LogP contribution in [0.15, 0.2) is 40.5 Å². The molecule has 0 saturated heterocycles. The van der Waals surface area contributed by atoms with Gasteiger partial charge in [0.1, 0.15) is 6.33 Å². The highest BCUT2D eigenvalue weighted by Crippen LogP contribution is 2.04. The Morgan fingerprint density at radius 1 is 1.50 bits per heavy atom. The van der Waals surface area contributed by atoms with Gasteiger partial charge >= 0.3 is 0 Å². The van der Waals surface area contributed by atoms with E-state index in [1.165, 1.54) is 12.7 Å². The standard InChI is InChI=1S/C11H11N3O2/c1-2-16-8-13-14-7-12-10-6-4-3-5-9(10)11(14)15/h3-8H,2H2,1H3/b13-8+. The Labute approximate surface area is 92.0 Å². The maximum Gasteiger partial charge on any atom is 0.281 e. The minimum absolute atomic E-state index is 0.207. The molecule has 82 valence electrons. The lowest BCUT2D eigenvalue weighted by Crippen LogP contribution is -2.17. The van der Waals surface area contributed by atoms with Crippen LogP contribution in [-0.2, 0) is 4.74 Å². The Kier molecular flexibility index (Phi) is 2.95. The summed E-state index contributed by atoms with van der Waals surface area (Å²) in [5.74, 6) is 0. The summed E-state index contributed by atoms with van der Waals surface area (Å²) < 4.78 is 6.08. The number of rotatable bonds is 3. The molecule has 5 nitrogen and oxygen atoms in total. The monoisotopic (exact) mass is 217 g/mol. The van der Waals surface area contributed by atoms with Crippen LogP contribution < -0.4 is 5.56 Å². The third-order valence-corrected chi connectivity index (χ3v) is 2.06. The first kappa shape index (κ1) is 10.4. The van der Waals surface area contributed by atoms with Gasteiger partial charge in [0.15, 0.2) is 6.40 Å². The fourth-order valence-electron chi connectivity index (χ4n) is 1.30. The van der Waals surface area contributed by atoms with Gasteiger partial charge in [-0.15, -0.1) is 5.10 Å². The molecule has 0 aliphatic heterocycles. The predicted octanol–water partition coefficient (Wildman–Crippen LogP) is 1.22. The quantitative estimate of drug-likeness (QED) is 0.573. The molecule has 0 fully saturated rings. The summed E-state index contributed by atoms with van der Waals surface area (Å²) in [6, 6.07) is 7.13. The second kappa shape index (κ2) is 4.57. The zero-order valence-electron chi connectivity index (χ0n) is 8.83. The molecule has 0 atom stereocenters. The van der Waals surface area contributed by atoms with Gasteiger partial charge in [0.2, 0.25) is 0 Å². The van der Waals surface area contributed by atoms with E-state index in [0.717, 1.165) is 4.68 Å². The lowest BCUT2D eigenvalue weighted by Gasteiger charge is -1.99. The van der Waals surface area contributed by atoms with Crippen LogP contribution in [0.1, 0.15) is 6.92 Å². The molecule has 0 unspecified atom stereocenters. The Balaban J connectivity index is 2.49. The Morgan fingerprint density at radius 3 is 3.12 bits per heavy atom. The van der Waals surface area contributed by atoms with Gasteiger partial charge in [-0.05, 0) is 19.1 Å². The molecule has 1 aromatic carbocycles. The van der Waals surface area contributed by atoms with Crippen LogP contribution in [0.3, 0.4) is 0 Å². The topological polar surface area (TPSA) is 56.5 Å². The highest BCUT2D eigenvalue weighted by atomic mass is 16.5. The van der Waals surface area contributed by atoms with Crippen molar-refractivity contribution in [3.63, 3.8) is 0 Å². The third-order valence-electron chi connectivity index (χ3n) is 2.06. The maximum atomic E-state index is 11.9. The number of para-hydroxylation sites is 1. The van der Waals surface area contributed by atoms with Gasteiger partial charge in [-0.3, -0.25) is 4.79 Å². The molecule has 0 aliphatic rings. The van der Waals surface area contributed by atoms with Crippen molar-refractivity contribution in [2.45, 2.75) is 6.92 Å². The second-order valence-electron chi connectivity index (χ2n) is 3.09. The summed E-state index contributed by atoms with van der Waals surface area (Å²) in [5, 5.41) is 4.38. The molecular weight excluding hydrogens is 206 g/mol. The summed E-state index contributed by atoms with van der Waals surface area (Å²) in [6.07, 6.45) is 2.61. The van der Waals surface area contributed by atoms with Crippen molar-refractivity contribution < 1.29 is 4.74 Å². The average Bonchev–Trinajstić information content (AvgIpc) is 2.33. The minimum atomic E-state index is -0.207. The third kappa shape index (κ3) is 1.93. The van der Waals surface area contributed by atoms with Crippen molar-refractivity contribution in [2.75, 3.05) is 6.61 Å². The van der Waals surface area contributed by atoms with Crippen molar-refractivity contribution in [1.82, 2.24) is 9.66 Å². The van der Waals surface area contributed by atoms with Crippen molar-refractivity contribution >= 4 is 17.3 Å². The van der Waals surface area contributed by atoms with Crippen LogP contribution in [0.2, 0.25) is 0 Å². The zero-order valence-corrected chi connectivity index (χ0v) is 8.83. The van der Waals surface area contributed by atoms with Gasteiger partial charge in [-0.1, -0.05) is 12.1 Å². The van der Waals surface area contributed by atoms with E-state index in [2.05, 4.69) is 10.1 Å². The lowest BCUT2D eigenvalue weighted by molar-refractivity contribution is 0.340. The first-order valence-electron chi connectivity index (χ1n) is 4.93. The molecule has 0 N–H and O–H groups in total. The fraction of sp³-hybridized carbons (Fsp3) is 0.182. The molecule has 0 aliphatic carbocycles. The molecule has 16 heavy (non-hydrogen) atoms. The summed E-state index contributed by atoms with van der Waals surface area (Å²) in [7, 11) is 0. The number of aromatic nitrogens is 2. The molecule has 2 aromatic rings. The number of benzene rings is 1. The van der Waals surface area contributed by atoms with Crippen LogP contribution in [0, 0.1) is 0 Å². The van der Waals surface area contributed by atoms with Crippen molar-refractivity contribution in [3.05, 3.63) is 40.9 Å². The van der Waals surface area contributed by atoms with Crippen LogP contribution in [0.4, 0.5) is 0 Å². The zero-order chi connectivity index (χ0) is 11.4. The SMILES string of the molecule is CCO/C=N/n1cnc2ccccc2c1=O. The van der Waals surface area contributed by atoms with Crippen LogP contribution >= 0.6 is 0 Å². The largest absolute Gasteiger partial charge is 0.482 e. The fourth-order valence-corrected chi connectivity index (χ4v) is 1.30. The van der Waals surface area contributed by atoms with E-state index in [1.54, 1.807) is 18.2 Å². The van der Waals surface area contributed by atoms with Crippen molar-refractivity contribution in [1.29, 1.82) is 0 Å². The average molecular weight is 217 g/mol. The van der Waals surface area contributed by atoms with Gasteiger partial charge in [0.25, 0.3) is 5.56 Å². The number of hydrogen-bond donors (Lipinski definition) is 0. The van der Waals surface area contributed by atoms with E-state index >= 15 is 0 Å². The summed E-state index contributed by atoms with van der Waals surface area (Å²) in [6.45, 7) is 2.35. The molecule has 0 amide bonds. The summed E-state index contributed by atoms with van der Waals surface area (Å²) >= 11 is 0. The highest BCUT2D eigenvalue weighted by Gasteiger charge is 2.00. The smallest absolute Gasteiger partial charge is 0.281 e. The molecule has 0 spiro atoms.